The van der Waals surface area contributed by atoms with Crippen molar-refractivity contribution in [2.24, 2.45) is 11.8 Å². The number of nitrogens with one attached hydrogen (secondary N) is 1. The average molecular weight is 506 g/mol. The minimum Gasteiger partial charge on any atom is -0.395 e. The van der Waals surface area contributed by atoms with E-state index in [1.54, 1.807) is 17.4 Å². The van der Waals surface area contributed by atoms with Crippen LogP contribution in [0.15, 0.2) is 36.4 Å². The monoisotopic (exact) mass is 504 g/mol. The van der Waals surface area contributed by atoms with Gasteiger partial charge in [0.05, 0.1) is 28.6 Å². The molecule has 3 heterocycles. The Morgan fingerprint density at radius 2 is 2.03 bits per heavy atom. The van der Waals surface area contributed by atoms with Crippen molar-refractivity contribution >= 4 is 55.6 Å². The number of fused-ring (bicyclic) bond motifs is 1. The highest BCUT2D eigenvalue weighted by Crippen LogP contribution is 2.40. The molecule has 0 radical (unpaired) electrons. The number of nitrogens with zero attached hydrogens (tertiary/aromatic N) is 3. The van der Waals surface area contributed by atoms with Gasteiger partial charge in [0.15, 0.2) is 5.13 Å². The van der Waals surface area contributed by atoms with E-state index in [1.807, 2.05) is 12.1 Å². The fraction of sp³-hybridized carbons (Fsp3) is 0.480. The van der Waals surface area contributed by atoms with Crippen molar-refractivity contribution in [3.05, 3.63) is 52.0 Å². The highest BCUT2D eigenvalue weighted by molar-refractivity contribution is 7.22. The third kappa shape index (κ3) is 4.96. The first-order valence-electron chi connectivity index (χ1n) is 11.7. The van der Waals surface area contributed by atoms with Gasteiger partial charge < -0.3 is 20.2 Å². The van der Waals surface area contributed by atoms with Gasteiger partial charge in [-0.25, -0.2) is 4.98 Å². The van der Waals surface area contributed by atoms with Crippen LogP contribution in [-0.4, -0.2) is 54.3 Å². The number of aliphatic hydroxyl groups is 1. The maximum absolute atomic E-state index is 9.27. The van der Waals surface area contributed by atoms with Crippen molar-refractivity contribution in [2.75, 3.05) is 49.5 Å². The van der Waals surface area contributed by atoms with E-state index in [2.05, 4.69) is 40.2 Å². The molecule has 2 saturated heterocycles. The molecule has 0 saturated carbocycles. The lowest BCUT2D eigenvalue weighted by atomic mass is 9.81. The summed E-state index contributed by atoms with van der Waals surface area (Å²) < 4.78 is 1.18. The summed E-state index contributed by atoms with van der Waals surface area (Å²) in [6.07, 6.45) is 2.55. The molecule has 2 N–H and O–H groups in total. The molecule has 8 heteroatoms. The molecule has 5 rings (SSSR count). The third-order valence-electron chi connectivity index (χ3n) is 7.01. The van der Waals surface area contributed by atoms with Gasteiger partial charge in [0.1, 0.15) is 0 Å². The van der Waals surface area contributed by atoms with E-state index in [0.29, 0.717) is 10.0 Å². The van der Waals surface area contributed by atoms with Gasteiger partial charge in [-0.1, -0.05) is 46.7 Å². The van der Waals surface area contributed by atoms with E-state index < -0.39 is 0 Å². The summed E-state index contributed by atoms with van der Waals surface area (Å²) in [6.45, 7) is 7.59. The number of anilines is 2. The van der Waals surface area contributed by atoms with Gasteiger partial charge in [-0.2, -0.15) is 0 Å². The van der Waals surface area contributed by atoms with Crippen LogP contribution in [0.3, 0.4) is 0 Å². The van der Waals surface area contributed by atoms with Gasteiger partial charge in [-0.05, 0) is 68.0 Å². The Balaban J connectivity index is 1.27. The number of piperidine rings is 1. The lowest BCUT2D eigenvalue weighted by Crippen LogP contribution is -2.53. The number of aliphatic hydroxyl groups excluding tert-OH is 1. The molecule has 2 aromatic carbocycles. The molecule has 176 valence electrons. The molecule has 2 atom stereocenters. The second kappa shape index (κ2) is 9.96. The van der Waals surface area contributed by atoms with Gasteiger partial charge >= 0.3 is 0 Å². The van der Waals surface area contributed by atoms with E-state index in [4.69, 9.17) is 28.2 Å². The molecule has 0 spiro atoms. The van der Waals surface area contributed by atoms with Crippen LogP contribution in [0.1, 0.15) is 31.4 Å². The van der Waals surface area contributed by atoms with E-state index in [9.17, 15) is 5.11 Å². The molecule has 3 aromatic rings. The molecule has 0 aliphatic carbocycles. The molecule has 0 bridgehead atoms. The quantitative estimate of drug-likeness (QED) is 0.418. The second-order valence-corrected chi connectivity index (χ2v) is 11.1. The van der Waals surface area contributed by atoms with Gasteiger partial charge in [0, 0.05) is 36.2 Å². The first-order chi connectivity index (χ1) is 16.0. The summed E-state index contributed by atoms with van der Waals surface area (Å²) in [5.74, 6) is 1.46. The fourth-order valence-corrected chi connectivity index (χ4v) is 6.77. The summed E-state index contributed by atoms with van der Waals surface area (Å²) in [5, 5.41) is 15.3. The van der Waals surface area contributed by atoms with Crippen molar-refractivity contribution < 1.29 is 5.11 Å². The van der Waals surface area contributed by atoms with Crippen LogP contribution in [0.5, 0.6) is 0 Å². The molecule has 0 amide bonds. The number of β-amino-alcohol motifs (C(OH)–C–C–N with tert-alkyl or cyclic N) is 1. The molecule has 2 aliphatic rings. The first-order valence-corrected chi connectivity index (χ1v) is 13.3. The topological polar surface area (TPSA) is 51.6 Å². The predicted molar refractivity (Wildman–Crippen MR) is 140 cm³/mol. The van der Waals surface area contributed by atoms with Gasteiger partial charge in [0.25, 0.3) is 0 Å². The number of aromatic nitrogens is 1. The predicted octanol–water partition coefficient (Wildman–Crippen LogP) is 5.92. The smallest absolute Gasteiger partial charge is 0.186 e. The van der Waals surface area contributed by atoms with Crippen LogP contribution in [-0.2, 0) is 0 Å². The average Bonchev–Trinajstić information content (AvgIpc) is 3.18. The Morgan fingerprint density at radius 3 is 2.82 bits per heavy atom. The minimum absolute atomic E-state index is 0.0486. The standard InChI is InChI=1S/C25H30Cl2N4OS/c1-16(20-8-7-19(26)12-21(20)27)28-22-5-2-6-23-24(22)33-25(29-23)31-14-18(15-31)17-4-3-9-30(13-17)10-11-32/h2,5-8,12,16-18,28,32H,3-4,9-11,13-15H2,1H3/t16-,17+/m1/s1. The van der Waals surface area contributed by atoms with Crippen molar-refractivity contribution in [1.29, 1.82) is 0 Å². The highest BCUT2D eigenvalue weighted by Gasteiger charge is 2.37. The normalized spacial score (nSPS) is 20.7. The van der Waals surface area contributed by atoms with Crippen molar-refractivity contribution in [3.63, 3.8) is 0 Å². The van der Waals surface area contributed by atoms with Gasteiger partial charge in [0.2, 0.25) is 0 Å². The number of benzene rings is 2. The largest absolute Gasteiger partial charge is 0.395 e. The van der Waals surface area contributed by atoms with Crippen molar-refractivity contribution in [1.82, 2.24) is 9.88 Å². The number of thiazole rings is 1. The summed E-state index contributed by atoms with van der Waals surface area (Å²) in [6, 6.07) is 12.0. The van der Waals surface area contributed by atoms with Crippen LogP contribution in [0, 0.1) is 11.8 Å². The Morgan fingerprint density at radius 1 is 1.18 bits per heavy atom. The van der Waals surface area contributed by atoms with E-state index >= 15 is 0 Å². The number of likely N-dealkylation sites (tertiary alicyclic amines) is 1. The second-order valence-electron chi connectivity index (χ2n) is 9.27. The summed E-state index contributed by atoms with van der Waals surface area (Å²) in [4.78, 5) is 9.78. The zero-order chi connectivity index (χ0) is 22.9. The molecule has 0 unspecified atom stereocenters. The molecule has 2 fully saturated rings. The Kier molecular flexibility index (Phi) is 7.00. The minimum atomic E-state index is 0.0486. The Labute approximate surface area is 209 Å². The molecular weight excluding hydrogens is 475 g/mol. The van der Waals surface area contributed by atoms with Crippen LogP contribution >= 0.6 is 34.5 Å². The van der Waals surface area contributed by atoms with E-state index in [-0.39, 0.29) is 12.6 Å². The van der Waals surface area contributed by atoms with E-state index in [1.165, 1.54) is 17.5 Å². The molecule has 2 aliphatic heterocycles. The number of rotatable bonds is 7. The molecule has 5 nitrogen and oxygen atoms in total. The maximum Gasteiger partial charge on any atom is 0.186 e. The van der Waals surface area contributed by atoms with Crippen LogP contribution in [0.2, 0.25) is 10.0 Å². The van der Waals surface area contributed by atoms with Crippen LogP contribution in [0.4, 0.5) is 10.8 Å². The van der Waals surface area contributed by atoms with Crippen molar-refractivity contribution in [2.45, 2.75) is 25.8 Å². The number of halogens is 2. The summed E-state index contributed by atoms with van der Waals surface area (Å²) in [5.41, 5.74) is 3.14. The van der Waals surface area contributed by atoms with Crippen molar-refractivity contribution in [3.8, 4) is 0 Å². The zero-order valence-electron chi connectivity index (χ0n) is 18.8. The lowest BCUT2D eigenvalue weighted by Gasteiger charge is -2.46. The molecule has 1 aromatic heterocycles. The first kappa shape index (κ1) is 23.2. The third-order valence-corrected chi connectivity index (χ3v) is 8.74. The van der Waals surface area contributed by atoms with Gasteiger partial charge in [-0.15, -0.1) is 0 Å². The summed E-state index contributed by atoms with van der Waals surface area (Å²) in [7, 11) is 0. The maximum atomic E-state index is 9.27. The number of hydrogen-bond donors (Lipinski definition) is 2. The Bertz CT molecular complexity index is 1110. The molecule has 33 heavy (non-hydrogen) atoms. The van der Waals surface area contributed by atoms with E-state index in [0.717, 1.165) is 66.5 Å². The molecular formula is C25H30Cl2N4OS. The summed E-state index contributed by atoms with van der Waals surface area (Å²) >= 11 is 14.3. The highest BCUT2D eigenvalue weighted by atomic mass is 35.5. The zero-order valence-corrected chi connectivity index (χ0v) is 21.1. The van der Waals surface area contributed by atoms with Gasteiger partial charge in [-0.3, -0.25) is 0 Å². The lowest BCUT2D eigenvalue weighted by molar-refractivity contribution is 0.102. The Hall–Kier alpha value is -1.57. The fourth-order valence-electron chi connectivity index (χ4n) is 5.14. The SMILES string of the molecule is C[C@@H](Nc1cccc2nc(N3CC([C@H]4CCCN(CCO)C4)C3)sc12)c1ccc(Cl)cc1Cl. The number of hydrogen-bond acceptors (Lipinski definition) is 6. The van der Waals surface area contributed by atoms with Crippen LogP contribution < -0.4 is 10.2 Å². The van der Waals surface area contributed by atoms with Crippen LogP contribution in [0.25, 0.3) is 10.2 Å².